The van der Waals surface area contributed by atoms with Crippen molar-refractivity contribution in [3.8, 4) is 0 Å². The van der Waals surface area contributed by atoms with Crippen molar-refractivity contribution in [2.75, 3.05) is 39.9 Å². The SMILES string of the molecule is CCOC[C@H]1CCN(C)C2(C1)CN(S(=O)(=O)c1ccc(F)cc1)C2. The quantitative estimate of drug-likeness (QED) is 0.809. The van der Waals surface area contributed by atoms with Crippen molar-refractivity contribution in [3.05, 3.63) is 30.1 Å². The molecule has 2 heterocycles. The van der Waals surface area contributed by atoms with Crippen LogP contribution < -0.4 is 0 Å². The molecule has 0 aromatic heterocycles. The summed E-state index contributed by atoms with van der Waals surface area (Å²) in [7, 11) is -1.48. The number of ether oxygens (including phenoxy) is 1. The molecule has 0 bridgehead atoms. The average Bonchev–Trinajstić information content (AvgIpc) is 2.52. The first-order chi connectivity index (χ1) is 11.4. The molecule has 2 saturated heterocycles. The predicted octanol–water partition coefficient (Wildman–Crippen LogP) is 1.95. The lowest BCUT2D eigenvalue weighted by molar-refractivity contribution is -0.0576. The van der Waals surface area contributed by atoms with E-state index in [1.54, 1.807) is 0 Å². The molecule has 1 aromatic carbocycles. The maximum absolute atomic E-state index is 13.0. The number of piperidine rings is 1. The molecule has 2 aliphatic rings. The molecule has 134 valence electrons. The van der Waals surface area contributed by atoms with Crippen molar-refractivity contribution in [3.63, 3.8) is 0 Å². The standard InChI is InChI=1S/C17H25FN2O3S/c1-3-23-11-14-8-9-19(2)17(10-14)12-20(13-17)24(21,22)16-6-4-15(18)5-7-16/h4-7,14H,3,8-13H2,1-2H3/t14-/m0/s1. The van der Waals surface area contributed by atoms with Crippen LogP contribution in [0.1, 0.15) is 19.8 Å². The Labute approximate surface area is 143 Å². The summed E-state index contributed by atoms with van der Waals surface area (Å²) in [4.78, 5) is 2.44. The Morgan fingerprint density at radius 2 is 1.96 bits per heavy atom. The highest BCUT2D eigenvalue weighted by molar-refractivity contribution is 7.89. The Kier molecular flexibility index (Phi) is 4.97. The van der Waals surface area contributed by atoms with Gasteiger partial charge >= 0.3 is 0 Å². The Hall–Kier alpha value is -1.02. The first kappa shape index (κ1) is 17.8. The minimum absolute atomic E-state index is 0.0902. The van der Waals surface area contributed by atoms with Crippen molar-refractivity contribution < 1.29 is 17.5 Å². The van der Waals surface area contributed by atoms with Crippen LogP contribution in [0.25, 0.3) is 0 Å². The molecule has 24 heavy (non-hydrogen) atoms. The number of hydrogen-bond donors (Lipinski definition) is 0. The summed E-state index contributed by atoms with van der Waals surface area (Å²) in [5, 5.41) is 0. The third-order valence-electron chi connectivity index (χ3n) is 5.30. The Morgan fingerprint density at radius 1 is 1.29 bits per heavy atom. The van der Waals surface area contributed by atoms with E-state index in [0.717, 1.165) is 26.0 Å². The van der Waals surface area contributed by atoms with Crippen LogP contribution in [-0.4, -0.2) is 63.1 Å². The second-order valence-corrected chi connectivity index (χ2v) is 8.83. The Morgan fingerprint density at radius 3 is 2.58 bits per heavy atom. The summed E-state index contributed by atoms with van der Waals surface area (Å²) >= 11 is 0. The Balaban J connectivity index is 1.69. The third kappa shape index (κ3) is 3.22. The van der Waals surface area contributed by atoms with Gasteiger partial charge in [0.1, 0.15) is 5.82 Å². The fraction of sp³-hybridized carbons (Fsp3) is 0.647. The number of halogens is 1. The van der Waals surface area contributed by atoms with Crippen molar-refractivity contribution in [1.82, 2.24) is 9.21 Å². The molecule has 2 aliphatic heterocycles. The van der Waals surface area contributed by atoms with Gasteiger partial charge in [-0.2, -0.15) is 4.31 Å². The highest BCUT2D eigenvalue weighted by Crippen LogP contribution is 2.40. The van der Waals surface area contributed by atoms with E-state index < -0.39 is 15.8 Å². The van der Waals surface area contributed by atoms with Crippen LogP contribution in [0.2, 0.25) is 0 Å². The summed E-state index contributed by atoms with van der Waals surface area (Å²) in [6.07, 6.45) is 2.04. The zero-order chi connectivity index (χ0) is 17.4. The van der Waals surface area contributed by atoms with Crippen LogP contribution in [0.4, 0.5) is 4.39 Å². The van der Waals surface area contributed by atoms with Gasteiger partial charge in [-0.05, 0) is 63.5 Å². The van der Waals surface area contributed by atoms with Gasteiger partial charge in [0, 0.05) is 31.8 Å². The Bertz CT molecular complexity index is 670. The maximum atomic E-state index is 13.0. The van der Waals surface area contributed by atoms with Crippen LogP contribution >= 0.6 is 0 Å². The average molecular weight is 356 g/mol. The number of hydrogen-bond acceptors (Lipinski definition) is 4. The minimum Gasteiger partial charge on any atom is -0.381 e. The van der Waals surface area contributed by atoms with E-state index in [1.165, 1.54) is 28.6 Å². The van der Waals surface area contributed by atoms with Crippen LogP contribution in [0.5, 0.6) is 0 Å². The van der Waals surface area contributed by atoms with Gasteiger partial charge in [-0.3, -0.25) is 4.90 Å². The third-order valence-corrected chi connectivity index (χ3v) is 7.11. The van der Waals surface area contributed by atoms with E-state index in [-0.39, 0.29) is 10.4 Å². The minimum atomic E-state index is -3.54. The maximum Gasteiger partial charge on any atom is 0.243 e. The lowest BCUT2D eigenvalue weighted by Gasteiger charge is -2.57. The second-order valence-electron chi connectivity index (χ2n) is 6.89. The molecule has 5 nitrogen and oxygen atoms in total. The van der Waals surface area contributed by atoms with E-state index in [0.29, 0.717) is 25.6 Å². The summed E-state index contributed by atoms with van der Waals surface area (Å²) in [6, 6.07) is 5.04. The topological polar surface area (TPSA) is 49.9 Å². The first-order valence-electron chi connectivity index (χ1n) is 8.42. The van der Waals surface area contributed by atoms with E-state index in [9.17, 15) is 12.8 Å². The van der Waals surface area contributed by atoms with E-state index in [4.69, 9.17) is 4.74 Å². The number of sulfonamides is 1. The second kappa shape index (κ2) is 6.71. The molecular formula is C17H25FN2O3S. The summed E-state index contributed by atoms with van der Waals surface area (Å²) < 4.78 is 45.4. The lowest BCUT2D eigenvalue weighted by atomic mass is 9.77. The fourth-order valence-corrected chi connectivity index (χ4v) is 5.34. The zero-order valence-corrected chi connectivity index (χ0v) is 15.1. The largest absolute Gasteiger partial charge is 0.381 e. The summed E-state index contributed by atoms with van der Waals surface area (Å²) in [5.74, 6) is 0.0524. The monoisotopic (exact) mass is 356 g/mol. The van der Waals surface area contributed by atoms with Crippen molar-refractivity contribution in [2.45, 2.75) is 30.2 Å². The van der Waals surface area contributed by atoms with Gasteiger partial charge in [-0.1, -0.05) is 0 Å². The van der Waals surface area contributed by atoms with Crippen molar-refractivity contribution in [1.29, 1.82) is 0 Å². The molecule has 0 amide bonds. The van der Waals surface area contributed by atoms with E-state index in [2.05, 4.69) is 11.9 Å². The number of likely N-dealkylation sites (tertiary alicyclic amines) is 1. The normalized spacial score (nSPS) is 24.9. The van der Waals surface area contributed by atoms with Gasteiger partial charge in [-0.25, -0.2) is 12.8 Å². The molecule has 0 aliphatic carbocycles. The summed E-state index contributed by atoms with van der Waals surface area (Å²) in [6.45, 7) is 5.39. The molecule has 0 saturated carbocycles. The molecule has 0 N–H and O–H groups in total. The molecule has 7 heteroatoms. The predicted molar refractivity (Wildman–Crippen MR) is 89.7 cm³/mol. The number of rotatable bonds is 5. The van der Waals surface area contributed by atoms with E-state index >= 15 is 0 Å². The highest BCUT2D eigenvalue weighted by Gasteiger charge is 2.53. The van der Waals surface area contributed by atoms with Crippen molar-refractivity contribution >= 4 is 10.0 Å². The molecular weight excluding hydrogens is 331 g/mol. The van der Waals surface area contributed by atoms with Gasteiger partial charge < -0.3 is 4.74 Å². The highest BCUT2D eigenvalue weighted by atomic mass is 32.2. The molecule has 0 radical (unpaired) electrons. The molecule has 1 atom stereocenters. The van der Waals surface area contributed by atoms with Crippen molar-refractivity contribution in [2.24, 2.45) is 5.92 Å². The molecule has 3 rings (SSSR count). The van der Waals surface area contributed by atoms with Gasteiger partial charge in [0.05, 0.1) is 4.90 Å². The molecule has 1 spiro atoms. The molecule has 1 aromatic rings. The number of nitrogens with zero attached hydrogens (tertiary/aromatic N) is 2. The number of likely N-dealkylation sites (N-methyl/N-ethyl adjacent to an activating group) is 1. The molecule has 0 unspecified atom stereocenters. The van der Waals surface area contributed by atoms with Crippen LogP contribution in [0.3, 0.4) is 0 Å². The number of benzene rings is 1. The lowest BCUT2D eigenvalue weighted by Crippen LogP contribution is -2.72. The summed E-state index contributed by atoms with van der Waals surface area (Å²) in [5.41, 5.74) is -0.0902. The van der Waals surface area contributed by atoms with Crippen LogP contribution in [0, 0.1) is 11.7 Å². The zero-order valence-electron chi connectivity index (χ0n) is 14.2. The fourth-order valence-electron chi connectivity index (χ4n) is 3.74. The van der Waals surface area contributed by atoms with Gasteiger partial charge in [0.25, 0.3) is 0 Å². The van der Waals surface area contributed by atoms with Gasteiger partial charge in [0.15, 0.2) is 0 Å². The first-order valence-corrected chi connectivity index (χ1v) is 9.86. The van der Waals surface area contributed by atoms with Gasteiger partial charge in [-0.15, -0.1) is 0 Å². The van der Waals surface area contributed by atoms with Crippen LogP contribution in [-0.2, 0) is 14.8 Å². The smallest absolute Gasteiger partial charge is 0.243 e. The molecule has 2 fully saturated rings. The van der Waals surface area contributed by atoms with E-state index in [1.807, 2.05) is 6.92 Å². The van der Waals surface area contributed by atoms with Gasteiger partial charge in [0.2, 0.25) is 10.0 Å². The van der Waals surface area contributed by atoms with Crippen LogP contribution in [0.15, 0.2) is 29.2 Å².